The summed E-state index contributed by atoms with van der Waals surface area (Å²) < 4.78 is 0. The Morgan fingerprint density at radius 2 is 1.35 bits per heavy atom. The quantitative estimate of drug-likeness (QED) is 0.846. The standard InChI is InChI=1S/C18H23NO/c1-14(19)17(12-13-20)18(15-8-4-2-5-9-15)16-10-6-3-7-11-16/h2-11,14,17-18,20H,12-13,19H2,1H3. The molecular weight excluding hydrogens is 246 g/mol. The van der Waals surface area contributed by atoms with Crippen LogP contribution >= 0.6 is 0 Å². The maximum Gasteiger partial charge on any atom is 0.0434 e. The second-order valence-corrected chi connectivity index (χ2v) is 5.33. The Morgan fingerprint density at radius 1 is 0.900 bits per heavy atom. The van der Waals surface area contributed by atoms with Crippen LogP contribution in [0, 0.1) is 5.92 Å². The zero-order valence-corrected chi connectivity index (χ0v) is 11.9. The first kappa shape index (κ1) is 14.8. The molecule has 106 valence electrons. The van der Waals surface area contributed by atoms with Crippen LogP contribution in [-0.4, -0.2) is 17.8 Å². The summed E-state index contributed by atoms with van der Waals surface area (Å²) in [5, 5.41) is 9.37. The number of benzene rings is 2. The van der Waals surface area contributed by atoms with Gasteiger partial charge in [-0.3, -0.25) is 0 Å². The second-order valence-electron chi connectivity index (χ2n) is 5.33. The molecule has 2 heteroatoms. The topological polar surface area (TPSA) is 46.2 Å². The van der Waals surface area contributed by atoms with Gasteiger partial charge in [-0.2, -0.15) is 0 Å². The van der Waals surface area contributed by atoms with Crippen molar-refractivity contribution in [1.82, 2.24) is 0 Å². The fraction of sp³-hybridized carbons (Fsp3) is 0.333. The van der Waals surface area contributed by atoms with Gasteiger partial charge in [-0.1, -0.05) is 60.7 Å². The maximum absolute atomic E-state index is 9.37. The van der Waals surface area contributed by atoms with Gasteiger partial charge in [0, 0.05) is 18.6 Å². The monoisotopic (exact) mass is 269 g/mol. The zero-order chi connectivity index (χ0) is 14.4. The average molecular weight is 269 g/mol. The van der Waals surface area contributed by atoms with Gasteiger partial charge in [0.1, 0.15) is 0 Å². The molecule has 0 aliphatic carbocycles. The first-order chi connectivity index (χ1) is 9.74. The minimum Gasteiger partial charge on any atom is -0.396 e. The van der Waals surface area contributed by atoms with Crippen LogP contribution in [0.15, 0.2) is 60.7 Å². The lowest BCUT2D eigenvalue weighted by Crippen LogP contribution is -2.32. The van der Waals surface area contributed by atoms with Gasteiger partial charge in [-0.05, 0) is 30.4 Å². The summed E-state index contributed by atoms with van der Waals surface area (Å²) in [5.74, 6) is 0.453. The molecule has 0 saturated carbocycles. The first-order valence-electron chi connectivity index (χ1n) is 7.20. The third-order valence-corrected chi connectivity index (χ3v) is 3.88. The molecule has 0 heterocycles. The Bertz CT molecular complexity index is 456. The van der Waals surface area contributed by atoms with E-state index in [0.29, 0.717) is 6.42 Å². The van der Waals surface area contributed by atoms with E-state index in [9.17, 15) is 5.11 Å². The summed E-state index contributed by atoms with van der Waals surface area (Å²) in [6.07, 6.45) is 0.714. The van der Waals surface area contributed by atoms with Gasteiger partial charge < -0.3 is 10.8 Å². The van der Waals surface area contributed by atoms with Crippen molar-refractivity contribution in [2.75, 3.05) is 6.61 Å². The summed E-state index contributed by atoms with van der Waals surface area (Å²) in [6.45, 7) is 2.20. The van der Waals surface area contributed by atoms with Gasteiger partial charge in [0.2, 0.25) is 0 Å². The van der Waals surface area contributed by atoms with E-state index in [2.05, 4.69) is 48.5 Å². The minimum atomic E-state index is 0.0348. The van der Waals surface area contributed by atoms with Crippen LogP contribution < -0.4 is 5.73 Å². The molecule has 3 N–H and O–H groups in total. The third-order valence-electron chi connectivity index (χ3n) is 3.88. The van der Waals surface area contributed by atoms with E-state index in [0.717, 1.165) is 0 Å². The highest BCUT2D eigenvalue weighted by atomic mass is 16.3. The second kappa shape index (κ2) is 7.22. The number of aliphatic hydroxyl groups excluding tert-OH is 1. The minimum absolute atomic E-state index is 0.0348. The molecule has 0 aliphatic rings. The highest BCUT2D eigenvalue weighted by Gasteiger charge is 2.27. The average Bonchev–Trinajstić information content (AvgIpc) is 2.49. The van der Waals surface area contributed by atoms with Gasteiger partial charge in [-0.15, -0.1) is 0 Å². The first-order valence-corrected chi connectivity index (χ1v) is 7.20. The molecule has 0 saturated heterocycles. The van der Waals surface area contributed by atoms with Crippen LogP contribution in [0.25, 0.3) is 0 Å². The van der Waals surface area contributed by atoms with E-state index >= 15 is 0 Å². The van der Waals surface area contributed by atoms with Gasteiger partial charge in [0.15, 0.2) is 0 Å². The summed E-state index contributed by atoms with van der Waals surface area (Å²) >= 11 is 0. The van der Waals surface area contributed by atoms with Crippen LogP contribution in [0.2, 0.25) is 0 Å². The molecule has 2 aromatic carbocycles. The van der Waals surface area contributed by atoms with Crippen molar-refractivity contribution in [1.29, 1.82) is 0 Å². The fourth-order valence-electron chi connectivity index (χ4n) is 2.89. The van der Waals surface area contributed by atoms with Crippen molar-refractivity contribution in [3.8, 4) is 0 Å². The van der Waals surface area contributed by atoms with Gasteiger partial charge in [0.05, 0.1) is 0 Å². The van der Waals surface area contributed by atoms with Crippen LogP contribution in [0.3, 0.4) is 0 Å². The Balaban J connectivity index is 2.43. The molecule has 0 aromatic heterocycles. The van der Waals surface area contributed by atoms with Crippen molar-refractivity contribution in [3.05, 3.63) is 71.8 Å². The lowest BCUT2D eigenvalue weighted by molar-refractivity contribution is 0.235. The van der Waals surface area contributed by atoms with E-state index in [1.807, 2.05) is 19.1 Å². The predicted molar refractivity (Wildman–Crippen MR) is 83.6 cm³/mol. The van der Waals surface area contributed by atoms with Gasteiger partial charge in [0.25, 0.3) is 0 Å². The molecule has 0 radical (unpaired) electrons. The molecule has 20 heavy (non-hydrogen) atoms. The highest BCUT2D eigenvalue weighted by molar-refractivity contribution is 5.33. The highest BCUT2D eigenvalue weighted by Crippen LogP contribution is 2.35. The Hall–Kier alpha value is -1.64. The molecule has 2 unspecified atom stereocenters. The number of rotatable bonds is 6. The molecule has 2 rings (SSSR count). The van der Waals surface area contributed by atoms with E-state index in [-0.39, 0.29) is 24.5 Å². The summed E-state index contributed by atoms with van der Waals surface area (Å²) in [4.78, 5) is 0. The van der Waals surface area contributed by atoms with Crippen molar-refractivity contribution in [3.63, 3.8) is 0 Å². The lowest BCUT2D eigenvalue weighted by atomic mass is 9.76. The van der Waals surface area contributed by atoms with Crippen LogP contribution in [0.4, 0.5) is 0 Å². The van der Waals surface area contributed by atoms with Crippen molar-refractivity contribution in [2.45, 2.75) is 25.3 Å². The zero-order valence-electron chi connectivity index (χ0n) is 11.9. The smallest absolute Gasteiger partial charge is 0.0434 e. The number of nitrogens with two attached hydrogens (primary N) is 1. The fourth-order valence-corrected chi connectivity index (χ4v) is 2.89. The van der Waals surface area contributed by atoms with Crippen molar-refractivity contribution >= 4 is 0 Å². The molecule has 2 aromatic rings. The van der Waals surface area contributed by atoms with E-state index in [1.54, 1.807) is 0 Å². The Morgan fingerprint density at radius 3 is 1.70 bits per heavy atom. The Labute approximate surface area is 121 Å². The predicted octanol–water partition coefficient (Wildman–Crippen LogP) is 3.16. The molecule has 0 amide bonds. The SMILES string of the molecule is CC(N)C(CCO)C(c1ccccc1)c1ccccc1. The van der Waals surface area contributed by atoms with Crippen molar-refractivity contribution < 1.29 is 5.11 Å². The molecule has 0 bridgehead atoms. The van der Waals surface area contributed by atoms with Gasteiger partial charge in [-0.25, -0.2) is 0 Å². The van der Waals surface area contributed by atoms with Crippen molar-refractivity contribution in [2.24, 2.45) is 11.7 Å². The normalized spacial score (nSPS) is 14.2. The molecule has 0 fully saturated rings. The van der Waals surface area contributed by atoms with E-state index < -0.39 is 0 Å². The summed E-state index contributed by atoms with van der Waals surface area (Å²) in [5.41, 5.74) is 8.70. The molecule has 2 nitrogen and oxygen atoms in total. The van der Waals surface area contributed by atoms with Crippen LogP contribution in [-0.2, 0) is 0 Å². The number of hydrogen-bond donors (Lipinski definition) is 2. The Kier molecular flexibility index (Phi) is 5.33. The van der Waals surface area contributed by atoms with E-state index in [1.165, 1.54) is 11.1 Å². The third kappa shape index (κ3) is 3.47. The maximum atomic E-state index is 9.37. The summed E-state index contributed by atoms with van der Waals surface area (Å²) in [7, 11) is 0. The molecule has 0 aliphatic heterocycles. The van der Waals surface area contributed by atoms with Crippen LogP contribution in [0.1, 0.15) is 30.4 Å². The van der Waals surface area contributed by atoms with Crippen LogP contribution in [0.5, 0.6) is 0 Å². The molecule has 0 spiro atoms. The number of hydrogen-bond acceptors (Lipinski definition) is 2. The molecule has 2 atom stereocenters. The lowest BCUT2D eigenvalue weighted by Gasteiger charge is -2.30. The molecular formula is C18H23NO. The summed E-state index contributed by atoms with van der Waals surface area (Å²) in [6, 6.07) is 20.9. The largest absolute Gasteiger partial charge is 0.396 e. The van der Waals surface area contributed by atoms with Gasteiger partial charge >= 0.3 is 0 Å². The van der Waals surface area contributed by atoms with E-state index in [4.69, 9.17) is 5.73 Å². The number of aliphatic hydroxyl groups is 1.